The Bertz CT molecular complexity index is 1230. The highest BCUT2D eigenvalue weighted by molar-refractivity contribution is 5.96. The van der Waals surface area contributed by atoms with Crippen molar-refractivity contribution in [2.24, 2.45) is 0 Å². The van der Waals surface area contributed by atoms with Gasteiger partial charge in [0.2, 0.25) is 0 Å². The number of pyridine rings is 1. The van der Waals surface area contributed by atoms with Gasteiger partial charge in [0.15, 0.2) is 0 Å². The first-order valence-electron chi connectivity index (χ1n) is 10.8. The lowest BCUT2D eigenvalue weighted by Gasteiger charge is -2.31. The number of benzene rings is 2. The number of carboxylic acids is 1. The summed E-state index contributed by atoms with van der Waals surface area (Å²) in [6.45, 7) is 2.99. The monoisotopic (exact) mass is 459 g/mol. The van der Waals surface area contributed by atoms with E-state index in [0.29, 0.717) is 0 Å². The molecule has 8 heteroatoms. The summed E-state index contributed by atoms with van der Waals surface area (Å²) in [7, 11) is 1.39. The van der Waals surface area contributed by atoms with Gasteiger partial charge in [-0.1, -0.05) is 54.6 Å². The fourth-order valence-electron chi connectivity index (χ4n) is 3.93. The number of hydrogen-bond donors (Lipinski definition) is 2. The average molecular weight is 460 g/mol. The predicted molar refractivity (Wildman–Crippen MR) is 127 cm³/mol. The van der Waals surface area contributed by atoms with Gasteiger partial charge in [0, 0.05) is 13.0 Å². The molecule has 0 atom stereocenters. The van der Waals surface area contributed by atoms with Crippen LogP contribution in [0.4, 0.5) is 10.6 Å². The number of carbonyl (C=O) groups is 3. The van der Waals surface area contributed by atoms with Crippen LogP contribution in [0.15, 0.2) is 66.7 Å². The van der Waals surface area contributed by atoms with Crippen LogP contribution < -0.4 is 5.32 Å². The van der Waals surface area contributed by atoms with E-state index in [1.807, 2.05) is 36.4 Å². The molecule has 0 aliphatic heterocycles. The molecule has 2 N–H and O–H groups in total. The van der Waals surface area contributed by atoms with Crippen LogP contribution in [0.1, 0.15) is 41.4 Å². The Labute approximate surface area is 197 Å². The number of likely N-dealkylation sites (N-methyl/N-ethyl adjacent to an activating group) is 1. The summed E-state index contributed by atoms with van der Waals surface area (Å²) in [5, 5.41) is 11.9. The van der Waals surface area contributed by atoms with Crippen molar-refractivity contribution in [2.75, 3.05) is 19.0 Å². The third-order valence-electron chi connectivity index (χ3n) is 6.21. The molecule has 1 aliphatic carbocycles. The molecule has 0 fully saturated rings. The molecule has 0 radical (unpaired) electrons. The molecule has 0 saturated heterocycles. The molecule has 3 aromatic rings. The van der Waals surface area contributed by atoms with Gasteiger partial charge in [-0.2, -0.15) is 0 Å². The molecule has 8 nitrogen and oxygen atoms in total. The van der Waals surface area contributed by atoms with Crippen molar-refractivity contribution < 1.29 is 24.2 Å². The number of ether oxygens (including phenoxy) is 1. The van der Waals surface area contributed by atoms with Crippen LogP contribution in [0.5, 0.6) is 0 Å². The van der Waals surface area contributed by atoms with Gasteiger partial charge < -0.3 is 14.7 Å². The van der Waals surface area contributed by atoms with E-state index in [-0.39, 0.29) is 24.0 Å². The first-order chi connectivity index (χ1) is 16.2. The molecule has 4 rings (SSSR count). The number of hydrogen-bond acceptors (Lipinski definition) is 5. The first kappa shape index (κ1) is 23.0. The maximum atomic E-state index is 12.7. The molecule has 174 valence electrons. The molecular weight excluding hydrogens is 434 g/mol. The minimum atomic E-state index is -1.42. The number of aliphatic carboxylic acids is 1. The largest absolute Gasteiger partial charge is 0.480 e. The summed E-state index contributed by atoms with van der Waals surface area (Å²) in [6.07, 6.45) is -0.696. The molecule has 1 heterocycles. The van der Waals surface area contributed by atoms with E-state index in [1.54, 1.807) is 6.07 Å². The van der Waals surface area contributed by atoms with E-state index in [2.05, 4.69) is 22.4 Å². The Balaban J connectivity index is 1.44. The zero-order valence-electron chi connectivity index (χ0n) is 19.1. The molecule has 1 aromatic heterocycles. The Morgan fingerprint density at radius 3 is 2.15 bits per heavy atom. The van der Waals surface area contributed by atoms with Gasteiger partial charge in [0.25, 0.3) is 5.91 Å². The maximum Gasteiger partial charge on any atom is 0.412 e. The summed E-state index contributed by atoms with van der Waals surface area (Å²) in [5.74, 6) is -1.67. The van der Waals surface area contributed by atoms with Gasteiger partial charge in [-0.3, -0.25) is 10.1 Å². The third-order valence-corrected chi connectivity index (χ3v) is 6.21. The molecule has 2 aromatic carbocycles. The lowest BCUT2D eigenvalue weighted by molar-refractivity contribution is -0.147. The quantitative estimate of drug-likeness (QED) is 0.566. The molecule has 0 unspecified atom stereocenters. The van der Waals surface area contributed by atoms with Crippen molar-refractivity contribution in [3.05, 3.63) is 83.6 Å². The maximum absolute atomic E-state index is 12.7. The van der Waals surface area contributed by atoms with Gasteiger partial charge in [-0.25, -0.2) is 14.6 Å². The molecule has 0 bridgehead atoms. The second-order valence-corrected chi connectivity index (χ2v) is 8.59. The summed E-state index contributed by atoms with van der Waals surface area (Å²) >= 11 is 0. The predicted octanol–water partition coefficient (Wildman–Crippen LogP) is 4.38. The van der Waals surface area contributed by atoms with Gasteiger partial charge in [-0.05, 0) is 48.2 Å². The second kappa shape index (κ2) is 8.97. The van der Waals surface area contributed by atoms with E-state index in [9.17, 15) is 19.5 Å². The fraction of sp³-hybridized carbons (Fsp3) is 0.231. The third kappa shape index (κ3) is 4.22. The Kier molecular flexibility index (Phi) is 6.06. The second-order valence-electron chi connectivity index (χ2n) is 8.59. The van der Waals surface area contributed by atoms with Crippen LogP contribution in [-0.4, -0.2) is 52.2 Å². The first-order valence-corrected chi connectivity index (χ1v) is 10.8. The molecule has 0 saturated carbocycles. The number of rotatable bonds is 6. The van der Waals surface area contributed by atoms with Gasteiger partial charge in [0.1, 0.15) is 23.7 Å². The molecule has 34 heavy (non-hydrogen) atoms. The normalized spacial score (nSPS) is 12.4. The Morgan fingerprint density at radius 1 is 0.971 bits per heavy atom. The summed E-state index contributed by atoms with van der Waals surface area (Å²) in [6, 6.07) is 20.6. The topological polar surface area (TPSA) is 109 Å². The van der Waals surface area contributed by atoms with Crippen LogP contribution in [0.2, 0.25) is 0 Å². The van der Waals surface area contributed by atoms with E-state index in [4.69, 9.17) is 4.74 Å². The number of nitrogens with one attached hydrogen (secondary N) is 1. The van der Waals surface area contributed by atoms with E-state index in [0.717, 1.165) is 27.2 Å². The zero-order valence-corrected chi connectivity index (χ0v) is 19.1. The zero-order chi connectivity index (χ0) is 24.5. The number of nitrogens with zero attached hydrogens (tertiary/aromatic N) is 2. The number of carbonyl (C=O) groups excluding carboxylic acids is 2. The van der Waals surface area contributed by atoms with Crippen molar-refractivity contribution in [3.63, 3.8) is 0 Å². The standard InChI is InChI=1S/C26H25N3O5/c1-26(2,24(31)32)29(3)23(30)21-13-8-14-22(27-21)28-25(33)34-15-20-18-11-6-4-9-16(18)17-10-5-7-12-19(17)20/h4-14,20H,15H2,1-3H3,(H,31,32)(H,27,28,33). The lowest BCUT2D eigenvalue weighted by atomic mass is 9.98. The van der Waals surface area contributed by atoms with Crippen LogP contribution in [0.3, 0.4) is 0 Å². The summed E-state index contributed by atoms with van der Waals surface area (Å²) in [5.41, 5.74) is 3.06. The molecule has 1 aliphatic rings. The van der Waals surface area contributed by atoms with Gasteiger partial charge in [0.05, 0.1) is 0 Å². The van der Waals surface area contributed by atoms with Crippen LogP contribution in [0.25, 0.3) is 11.1 Å². The van der Waals surface area contributed by atoms with E-state index < -0.39 is 23.5 Å². The molecular formula is C26H25N3O5. The smallest absolute Gasteiger partial charge is 0.412 e. The van der Waals surface area contributed by atoms with Crippen LogP contribution in [-0.2, 0) is 9.53 Å². The van der Waals surface area contributed by atoms with Crippen molar-refractivity contribution in [1.82, 2.24) is 9.88 Å². The van der Waals surface area contributed by atoms with E-state index in [1.165, 1.54) is 33.0 Å². The average Bonchev–Trinajstić information content (AvgIpc) is 3.15. The van der Waals surface area contributed by atoms with E-state index >= 15 is 0 Å². The summed E-state index contributed by atoms with van der Waals surface area (Å²) in [4.78, 5) is 41.9. The molecule has 0 spiro atoms. The van der Waals surface area contributed by atoms with Crippen molar-refractivity contribution in [1.29, 1.82) is 0 Å². The van der Waals surface area contributed by atoms with Crippen LogP contribution >= 0.6 is 0 Å². The van der Waals surface area contributed by atoms with Gasteiger partial charge >= 0.3 is 12.1 Å². The fourth-order valence-corrected chi connectivity index (χ4v) is 3.93. The van der Waals surface area contributed by atoms with Crippen molar-refractivity contribution in [3.8, 4) is 11.1 Å². The number of carboxylic acid groups (broad SMARTS) is 1. The number of fused-ring (bicyclic) bond motifs is 3. The minimum Gasteiger partial charge on any atom is -0.480 e. The number of amides is 2. The van der Waals surface area contributed by atoms with Crippen LogP contribution in [0, 0.1) is 0 Å². The highest BCUT2D eigenvalue weighted by Crippen LogP contribution is 2.44. The van der Waals surface area contributed by atoms with Crippen molar-refractivity contribution in [2.45, 2.75) is 25.3 Å². The van der Waals surface area contributed by atoms with Crippen molar-refractivity contribution >= 4 is 23.8 Å². The molecule has 2 amide bonds. The Hall–Kier alpha value is -4.20. The van der Waals surface area contributed by atoms with Gasteiger partial charge in [-0.15, -0.1) is 0 Å². The highest BCUT2D eigenvalue weighted by atomic mass is 16.5. The SMILES string of the molecule is CN(C(=O)c1cccc(NC(=O)OCC2c3ccccc3-c3ccccc32)n1)C(C)(C)C(=O)O. The number of aromatic nitrogens is 1. The Morgan fingerprint density at radius 2 is 1.56 bits per heavy atom. The minimum absolute atomic E-state index is 0.00766. The highest BCUT2D eigenvalue weighted by Gasteiger charge is 2.36. The lowest BCUT2D eigenvalue weighted by Crippen LogP contribution is -2.51. The summed E-state index contributed by atoms with van der Waals surface area (Å²) < 4.78 is 5.51. The number of anilines is 1.